The maximum Gasteiger partial charge on any atom is 0.223 e. The first kappa shape index (κ1) is 12.5. The number of carbonyl (C=O) groups excluding carboxylic acids is 1. The number of amides is 1. The lowest BCUT2D eigenvalue weighted by Crippen LogP contribution is -2.36. The van der Waals surface area contributed by atoms with Crippen LogP contribution in [0, 0.1) is 11.8 Å². The van der Waals surface area contributed by atoms with Gasteiger partial charge in [-0.2, -0.15) is 0 Å². The molecule has 88 valence electrons. The second-order valence-corrected chi connectivity index (χ2v) is 4.25. The van der Waals surface area contributed by atoms with Gasteiger partial charge in [-0.15, -0.1) is 0 Å². The van der Waals surface area contributed by atoms with E-state index in [1.807, 2.05) is 0 Å². The van der Waals surface area contributed by atoms with Gasteiger partial charge in [-0.05, 0) is 31.7 Å². The van der Waals surface area contributed by atoms with E-state index in [-0.39, 0.29) is 11.8 Å². The molecule has 0 aromatic carbocycles. The largest absolute Gasteiger partial charge is 0.383 e. The summed E-state index contributed by atoms with van der Waals surface area (Å²) in [6.45, 7) is 1.90. The van der Waals surface area contributed by atoms with Gasteiger partial charge in [-0.25, -0.2) is 0 Å². The van der Waals surface area contributed by atoms with E-state index in [9.17, 15) is 4.79 Å². The van der Waals surface area contributed by atoms with E-state index < -0.39 is 0 Å². The van der Waals surface area contributed by atoms with Crippen molar-refractivity contribution < 1.29 is 9.53 Å². The number of hydrogen-bond acceptors (Lipinski definition) is 3. The van der Waals surface area contributed by atoms with Gasteiger partial charge in [-0.1, -0.05) is 6.42 Å². The van der Waals surface area contributed by atoms with Crippen molar-refractivity contribution in [2.24, 2.45) is 17.6 Å². The smallest absolute Gasteiger partial charge is 0.223 e. The first-order valence-corrected chi connectivity index (χ1v) is 5.74. The van der Waals surface area contributed by atoms with Crippen LogP contribution >= 0.6 is 0 Å². The fraction of sp³-hybridized carbons (Fsp3) is 0.909. The van der Waals surface area contributed by atoms with Gasteiger partial charge in [-0.3, -0.25) is 4.79 Å². The molecule has 1 rings (SSSR count). The maximum absolute atomic E-state index is 11.7. The van der Waals surface area contributed by atoms with E-state index in [0.29, 0.717) is 25.6 Å². The van der Waals surface area contributed by atoms with Crippen molar-refractivity contribution in [3.05, 3.63) is 0 Å². The van der Waals surface area contributed by atoms with Gasteiger partial charge >= 0.3 is 0 Å². The second kappa shape index (κ2) is 6.80. The summed E-state index contributed by atoms with van der Waals surface area (Å²) < 4.78 is 4.89. The third kappa shape index (κ3) is 4.18. The quantitative estimate of drug-likeness (QED) is 0.656. The van der Waals surface area contributed by atoms with Crippen molar-refractivity contribution in [2.45, 2.75) is 25.7 Å². The van der Waals surface area contributed by atoms with Gasteiger partial charge in [0.15, 0.2) is 0 Å². The molecule has 0 bridgehead atoms. The van der Waals surface area contributed by atoms with Crippen molar-refractivity contribution in [1.29, 1.82) is 0 Å². The van der Waals surface area contributed by atoms with Gasteiger partial charge in [0, 0.05) is 19.6 Å². The van der Waals surface area contributed by atoms with Crippen LogP contribution in [-0.2, 0) is 9.53 Å². The molecule has 0 saturated heterocycles. The first-order chi connectivity index (χ1) is 7.27. The summed E-state index contributed by atoms with van der Waals surface area (Å²) in [5.41, 5.74) is 5.64. The third-order valence-electron chi connectivity index (χ3n) is 3.09. The average Bonchev–Trinajstić information content (AvgIpc) is 2.29. The molecule has 2 unspecified atom stereocenters. The Kier molecular flexibility index (Phi) is 5.65. The molecule has 4 heteroatoms. The predicted octanol–water partition coefficient (Wildman–Crippen LogP) is 0.514. The Balaban J connectivity index is 2.25. The summed E-state index contributed by atoms with van der Waals surface area (Å²) in [6.07, 6.45) is 4.27. The van der Waals surface area contributed by atoms with Crippen LogP contribution < -0.4 is 11.1 Å². The Morgan fingerprint density at radius 2 is 2.33 bits per heavy atom. The average molecular weight is 214 g/mol. The third-order valence-corrected chi connectivity index (χ3v) is 3.09. The lowest BCUT2D eigenvalue weighted by Gasteiger charge is -2.27. The van der Waals surface area contributed by atoms with E-state index in [0.717, 1.165) is 19.3 Å². The number of methoxy groups -OCH3 is 1. The molecule has 1 amide bonds. The highest BCUT2D eigenvalue weighted by atomic mass is 16.5. The lowest BCUT2D eigenvalue weighted by molar-refractivity contribution is -0.126. The van der Waals surface area contributed by atoms with E-state index in [2.05, 4.69) is 5.32 Å². The molecule has 0 spiro atoms. The van der Waals surface area contributed by atoms with Crippen LogP contribution in [0.15, 0.2) is 0 Å². The van der Waals surface area contributed by atoms with Crippen LogP contribution in [0.3, 0.4) is 0 Å². The molecular formula is C11H22N2O2. The number of ether oxygens (including phenoxy) is 1. The van der Waals surface area contributed by atoms with Crippen molar-refractivity contribution in [3.8, 4) is 0 Å². The predicted molar refractivity (Wildman–Crippen MR) is 59.4 cm³/mol. The molecule has 1 aliphatic rings. The van der Waals surface area contributed by atoms with Gasteiger partial charge in [0.05, 0.1) is 6.61 Å². The van der Waals surface area contributed by atoms with Crippen molar-refractivity contribution in [3.63, 3.8) is 0 Å². The van der Waals surface area contributed by atoms with Crippen LogP contribution in [-0.4, -0.2) is 32.7 Å². The molecule has 0 radical (unpaired) electrons. The zero-order valence-electron chi connectivity index (χ0n) is 9.50. The monoisotopic (exact) mass is 214 g/mol. The first-order valence-electron chi connectivity index (χ1n) is 5.74. The van der Waals surface area contributed by atoms with Gasteiger partial charge in [0.2, 0.25) is 5.91 Å². The molecule has 1 aliphatic carbocycles. The molecule has 0 aliphatic heterocycles. The molecule has 4 nitrogen and oxygen atoms in total. The number of nitrogens with two attached hydrogens (primary N) is 1. The SMILES string of the molecule is COCCNC(=O)C1CCCC(CN)C1. The topological polar surface area (TPSA) is 64.3 Å². The van der Waals surface area contributed by atoms with E-state index in [1.165, 1.54) is 6.42 Å². The fourth-order valence-electron chi connectivity index (χ4n) is 2.16. The molecular weight excluding hydrogens is 192 g/mol. The zero-order valence-corrected chi connectivity index (χ0v) is 9.50. The maximum atomic E-state index is 11.7. The number of rotatable bonds is 5. The Hall–Kier alpha value is -0.610. The summed E-state index contributed by atoms with van der Waals surface area (Å²) in [5.74, 6) is 0.881. The zero-order chi connectivity index (χ0) is 11.1. The van der Waals surface area contributed by atoms with Gasteiger partial charge < -0.3 is 15.8 Å². The van der Waals surface area contributed by atoms with Crippen molar-refractivity contribution >= 4 is 5.91 Å². The Morgan fingerprint density at radius 3 is 3.00 bits per heavy atom. The fourth-order valence-corrected chi connectivity index (χ4v) is 2.16. The molecule has 1 fully saturated rings. The minimum atomic E-state index is 0.171. The molecule has 0 heterocycles. The summed E-state index contributed by atoms with van der Waals surface area (Å²) in [7, 11) is 1.64. The summed E-state index contributed by atoms with van der Waals surface area (Å²) in [6, 6.07) is 0. The summed E-state index contributed by atoms with van der Waals surface area (Å²) in [4.78, 5) is 11.7. The van der Waals surface area contributed by atoms with Crippen LogP contribution in [0.5, 0.6) is 0 Å². The van der Waals surface area contributed by atoms with E-state index in [4.69, 9.17) is 10.5 Å². The second-order valence-electron chi connectivity index (χ2n) is 4.25. The van der Waals surface area contributed by atoms with Crippen LogP contribution in [0.25, 0.3) is 0 Å². The summed E-state index contributed by atoms with van der Waals surface area (Å²) >= 11 is 0. The highest BCUT2D eigenvalue weighted by Crippen LogP contribution is 2.28. The van der Waals surface area contributed by atoms with Crippen LogP contribution in [0.1, 0.15) is 25.7 Å². The van der Waals surface area contributed by atoms with Gasteiger partial charge in [0.1, 0.15) is 0 Å². The lowest BCUT2D eigenvalue weighted by atomic mass is 9.81. The molecule has 0 aromatic heterocycles. The Bertz CT molecular complexity index is 197. The molecule has 2 atom stereocenters. The van der Waals surface area contributed by atoms with Crippen molar-refractivity contribution in [2.75, 3.05) is 26.8 Å². The van der Waals surface area contributed by atoms with E-state index >= 15 is 0 Å². The molecule has 1 saturated carbocycles. The molecule has 0 aromatic rings. The van der Waals surface area contributed by atoms with Crippen LogP contribution in [0.4, 0.5) is 0 Å². The highest BCUT2D eigenvalue weighted by molar-refractivity contribution is 5.78. The number of hydrogen-bond donors (Lipinski definition) is 2. The highest BCUT2D eigenvalue weighted by Gasteiger charge is 2.25. The molecule has 3 N–H and O–H groups in total. The summed E-state index contributed by atoms with van der Waals surface area (Å²) in [5, 5.41) is 2.89. The standard InChI is InChI=1S/C11H22N2O2/c1-15-6-5-13-11(14)10-4-2-3-9(7-10)8-12/h9-10H,2-8,12H2,1H3,(H,13,14). The minimum absolute atomic E-state index is 0.171. The normalized spacial score (nSPS) is 26.3. The molecule has 15 heavy (non-hydrogen) atoms. The Labute approximate surface area is 91.5 Å². The number of carbonyl (C=O) groups is 1. The van der Waals surface area contributed by atoms with Gasteiger partial charge in [0.25, 0.3) is 0 Å². The van der Waals surface area contributed by atoms with Crippen molar-refractivity contribution in [1.82, 2.24) is 5.32 Å². The van der Waals surface area contributed by atoms with Crippen LogP contribution in [0.2, 0.25) is 0 Å². The minimum Gasteiger partial charge on any atom is -0.383 e. The Morgan fingerprint density at radius 1 is 1.53 bits per heavy atom. The number of nitrogens with one attached hydrogen (secondary N) is 1. The van der Waals surface area contributed by atoms with E-state index in [1.54, 1.807) is 7.11 Å².